The Morgan fingerprint density at radius 2 is 1.93 bits per heavy atom. The molecule has 30 heavy (non-hydrogen) atoms. The van der Waals surface area contributed by atoms with Gasteiger partial charge in [-0.05, 0) is 65.4 Å². The molecule has 0 saturated carbocycles. The summed E-state index contributed by atoms with van der Waals surface area (Å²) < 4.78 is 6.36. The number of hydrogen-bond acceptors (Lipinski definition) is 5. The van der Waals surface area contributed by atoms with Gasteiger partial charge in [0.25, 0.3) is 5.91 Å². The fourth-order valence-corrected chi connectivity index (χ4v) is 4.20. The van der Waals surface area contributed by atoms with E-state index in [0.29, 0.717) is 20.9 Å². The van der Waals surface area contributed by atoms with Gasteiger partial charge in [-0.1, -0.05) is 51.8 Å². The molecule has 1 fully saturated rings. The van der Waals surface area contributed by atoms with Crippen molar-refractivity contribution in [2.45, 2.75) is 6.54 Å². The summed E-state index contributed by atoms with van der Waals surface area (Å²) in [5, 5.41) is 9.60. The average Bonchev–Trinajstić information content (AvgIpc) is 3.34. The number of halogens is 2. The number of amides is 1. The van der Waals surface area contributed by atoms with Gasteiger partial charge in [0.1, 0.15) is 5.76 Å². The van der Waals surface area contributed by atoms with Crippen LogP contribution in [0.15, 0.2) is 90.9 Å². The smallest absolute Gasteiger partial charge is 0.267 e. The lowest BCUT2D eigenvalue weighted by molar-refractivity contribution is -0.122. The highest BCUT2D eigenvalue weighted by atomic mass is 79.9. The van der Waals surface area contributed by atoms with Crippen molar-refractivity contribution in [3.63, 3.8) is 0 Å². The average molecular weight is 501 g/mol. The summed E-state index contributed by atoms with van der Waals surface area (Å²) in [6.07, 6.45) is 5.05. The summed E-state index contributed by atoms with van der Waals surface area (Å²) in [7, 11) is 0. The van der Waals surface area contributed by atoms with Gasteiger partial charge in [0.15, 0.2) is 5.17 Å². The van der Waals surface area contributed by atoms with E-state index in [1.54, 1.807) is 35.6 Å². The summed E-state index contributed by atoms with van der Waals surface area (Å²) in [5.41, 5.74) is 1.78. The Labute approximate surface area is 191 Å². The number of rotatable bonds is 5. The summed E-state index contributed by atoms with van der Waals surface area (Å²) in [6.45, 7) is 0.282. The number of carbonyl (C=O) groups excluding carboxylic acids is 1. The molecule has 2 heterocycles. The van der Waals surface area contributed by atoms with Crippen molar-refractivity contribution in [3.8, 4) is 0 Å². The number of benzene rings is 2. The molecule has 0 N–H and O–H groups in total. The zero-order valence-electron chi connectivity index (χ0n) is 15.5. The lowest BCUT2D eigenvalue weighted by atomic mass is 10.2. The van der Waals surface area contributed by atoms with Crippen LogP contribution in [0.3, 0.4) is 0 Å². The van der Waals surface area contributed by atoms with Gasteiger partial charge in [-0.3, -0.25) is 9.69 Å². The third-order valence-corrected chi connectivity index (χ3v) is 5.89. The van der Waals surface area contributed by atoms with E-state index in [4.69, 9.17) is 16.0 Å². The Kier molecular flexibility index (Phi) is 6.52. The van der Waals surface area contributed by atoms with Gasteiger partial charge in [-0.2, -0.15) is 5.10 Å². The third-order valence-electron chi connectivity index (χ3n) is 4.15. The largest absolute Gasteiger partial charge is 0.467 e. The quantitative estimate of drug-likeness (QED) is 0.238. The lowest BCUT2D eigenvalue weighted by Crippen LogP contribution is -2.28. The van der Waals surface area contributed by atoms with Crippen LogP contribution in [0.1, 0.15) is 16.9 Å². The molecule has 0 atom stereocenters. The van der Waals surface area contributed by atoms with E-state index >= 15 is 0 Å². The van der Waals surface area contributed by atoms with Crippen LogP contribution in [0.4, 0.5) is 0 Å². The van der Waals surface area contributed by atoms with Gasteiger partial charge in [-0.25, -0.2) is 0 Å². The van der Waals surface area contributed by atoms with Crippen molar-refractivity contribution in [2.75, 3.05) is 0 Å². The van der Waals surface area contributed by atoms with Gasteiger partial charge in [0, 0.05) is 9.50 Å². The minimum Gasteiger partial charge on any atom is -0.467 e. The molecule has 0 spiro atoms. The highest BCUT2D eigenvalue weighted by Gasteiger charge is 2.34. The van der Waals surface area contributed by atoms with Gasteiger partial charge in [0.05, 0.1) is 23.9 Å². The topological polar surface area (TPSA) is 58.2 Å². The highest BCUT2D eigenvalue weighted by molar-refractivity contribution is 9.10. The van der Waals surface area contributed by atoms with Crippen LogP contribution in [-0.4, -0.2) is 22.2 Å². The minimum atomic E-state index is -0.142. The molecule has 5 nitrogen and oxygen atoms in total. The fourth-order valence-electron chi connectivity index (χ4n) is 2.72. The Hall–Kier alpha value is -2.61. The second-order valence-electron chi connectivity index (χ2n) is 6.32. The van der Waals surface area contributed by atoms with Gasteiger partial charge < -0.3 is 4.42 Å². The lowest BCUT2D eigenvalue weighted by Gasteiger charge is -2.12. The maximum atomic E-state index is 13.0. The van der Waals surface area contributed by atoms with E-state index in [2.05, 4.69) is 26.1 Å². The first kappa shape index (κ1) is 20.7. The first-order valence-electron chi connectivity index (χ1n) is 8.94. The first-order chi connectivity index (χ1) is 14.6. The molecule has 1 aliphatic rings. The molecule has 8 heteroatoms. The molecule has 1 aliphatic heterocycles. The number of amidine groups is 1. The fraction of sp³-hybridized carbons (Fsp3) is 0.0455. The summed E-state index contributed by atoms with van der Waals surface area (Å²) in [6, 6.07) is 18.6. The molecule has 1 aromatic heterocycles. The highest BCUT2D eigenvalue weighted by Crippen LogP contribution is 2.34. The van der Waals surface area contributed by atoms with Gasteiger partial charge >= 0.3 is 0 Å². The molecule has 0 unspecified atom stereocenters. The van der Waals surface area contributed by atoms with Crippen molar-refractivity contribution in [3.05, 3.63) is 98.2 Å². The second-order valence-corrected chi connectivity index (χ2v) is 8.68. The molecule has 3 aromatic rings. The predicted octanol–water partition coefficient (Wildman–Crippen LogP) is 6.20. The minimum absolute atomic E-state index is 0.142. The van der Waals surface area contributed by atoms with Crippen LogP contribution in [0, 0.1) is 0 Å². The Morgan fingerprint density at radius 1 is 1.10 bits per heavy atom. The molecule has 2 aromatic carbocycles. The third kappa shape index (κ3) is 5.11. The number of carbonyl (C=O) groups is 1. The second kappa shape index (κ2) is 9.47. The molecule has 0 bridgehead atoms. The van der Waals surface area contributed by atoms with Crippen LogP contribution in [0.25, 0.3) is 6.08 Å². The number of furan rings is 1. The van der Waals surface area contributed by atoms with E-state index in [9.17, 15) is 4.79 Å². The van der Waals surface area contributed by atoms with Crippen LogP contribution in [0.2, 0.25) is 5.02 Å². The molecule has 0 radical (unpaired) electrons. The van der Waals surface area contributed by atoms with Crippen LogP contribution in [-0.2, 0) is 11.3 Å². The molecule has 0 aliphatic carbocycles. The van der Waals surface area contributed by atoms with Crippen LogP contribution in [0.5, 0.6) is 0 Å². The van der Waals surface area contributed by atoms with Crippen LogP contribution < -0.4 is 0 Å². The Bertz CT molecular complexity index is 1140. The van der Waals surface area contributed by atoms with Crippen molar-refractivity contribution >= 4 is 62.7 Å². The maximum Gasteiger partial charge on any atom is 0.267 e. The van der Waals surface area contributed by atoms with E-state index in [0.717, 1.165) is 15.6 Å². The molecule has 1 amide bonds. The van der Waals surface area contributed by atoms with E-state index in [1.165, 1.54) is 11.8 Å². The molecule has 150 valence electrons. The Morgan fingerprint density at radius 3 is 2.67 bits per heavy atom. The number of nitrogens with zero attached hydrogens (tertiary/aromatic N) is 3. The summed E-state index contributed by atoms with van der Waals surface area (Å²) in [5.74, 6) is 0.527. The first-order valence-corrected chi connectivity index (χ1v) is 10.9. The van der Waals surface area contributed by atoms with Crippen LogP contribution >= 0.6 is 39.3 Å². The van der Waals surface area contributed by atoms with Crippen molar-refractivity contribution in [2.24, 2.45) is 10.2 Å². The zero-order chi connectivity index (χ0) is 20.9. The monoisotopic (exact) mass is 499 g/mol. The zero-order valence-corrected chi connectivity index (χ0v) is 18.7. The summed E-state index contributed by atoms with van der Waals surface area (Å²) in [4.78, 5) is 15.2. The van der Waals surface area contributed by atoms with E-state index in [1.807, 2.05) is 48.5 Å². The number of thioether (sulfide) groups is 1. The SMILES string of the molecule is O=C1/C(=C/c2cccc(Br)c2)S/C(=N/N=C\c2ccc(Cl)cc2)N1Cc1ccco1. The summed E-state index contributed by atoms with van der Waals surface area (Å²) >= 11 is 10.6. The maximum absolute atomic E-state index is 13.0. The van der Waals surface area contributed by atoms with E-state index < -0.39 is 0 Å². The molecule has 4 rings (SSSR count). The van der Waals surface area contributed by atoms with Gasteiger partial charge in [0.2, 0.25) is 0 Å². The standard InChI is InChI=1S/C22H15BrClN3O2S/c23-17-4-1-3-16(11-17)12-20-21(28)27(14-19-5-2-10-29-19)22(30-20)26-25-13-15-6-8-18(24)9-7-15/h1-13H,14H2/b20-12-,25-13-,26-22+. The number of hydrogen-bond donors (Lipinski definition) is 0. The Balaban J connectivity index is 1.61. The molecular weight excluding hydrogens is 486 g/mol. The van der Waals surface area contributed by atoms with E-state index in [-0.39, 0.29) is 12.5 Å². The predicted molar refractivity (Wildman–Crippen MR) is 125 cm³/mol. The van der Waals surface area contributed by atoms with Crippen molar-refractivity contribution in [1.29, 1.82) is 0 Å². The van der Waals surface area contributed by atoms with Crippen molar-refractivity contribution in [1.82, 2.24) is 4.90 Å². The normalized spacial score (nSPS) is 17.0. The van der Waals surface area contributed by atoms with Gasteiger partial charge in [-0.15, -0.1) is 5.10 Å². The molecular formula is C22H15BrClN3O2S. The van der Waals surface area contributed by atoms with Crippen molar-refractivity contribution < 1.29 is 9.21 Å². The molecule has 1 saturated heterocycles.